The lowest BCUT2D eigenvalue weighted by molar-refractivity contribution is -0.119. The Hall–Kier alpha value is -4.65. The minimum absolute atomic E-state index is 0.137. The van der Waals surface area contributed by atoms with E-state index >= 15 is 0 Å². The number of H-pyrrole nitrogens is 1. The molecule has 0 unspecified atom stereocenters. The van der Waals surface area contributed by atoms with Gasteiger partial charge < -0.3 is 20.1 Å². The summed E-state index contributed by atoms with van der Waals surface area (Å²) in [6.07, 6.45) is 5.91. The second-order valence-electron chi connectivity index (χ2n) is 8.94. The third-order valence-corrected chi connectivity index (χ3v) is 6.65. The summed E-state index contributed by atoms with van der Waals surface area (Å²) in [5.41, 5.74) is 5.09. The van der Waals surface area contributed by atoms with Crippen molar-refractivity contribution in [1.29, 1.82) is 0 Å². The van der Waals surface area contributed by atoms with Crippen LogP contribution in [-0.4, -0.2) is 24.5 Å². The molecule has 1 aliphatic carbocycles. The first-order valence-corrected chi connectivity index (χ1v) is 11.7. The number of aromatic nitrogens is 1. The van der Waals surface area contributed by atoms with Gasteiger partial charge in [-0.1, -0.05) is 30.3 Å². The highest BCUT2D eigenvalue weighted by molar-refractivity contribution is 5.95. The van der Waals surface area contributed by atoms with E-state index in [1.54, 1.807) is 12.1 Å². The molecule has 2 aromatic rings. The van der Waals surface area contributed by atoms with Gasteiger partial charge in [0.25, 0.3) is 5.56 Å². The van der Waals surface area contributed by atoms with Gasteiger partial charge in [0.1, 0.15) is 5.82 Å². The van der Waals surface area contributed by atoms with Crippen molar-refractivity contribution in [3.8, 4) is 11.1 Å². The van der Waals surface area contributed by atoms with E-state index < -0.39 is 0 Å². The van der Waals surface area contributed by atoms with E-state index in [4.69, 9.17) is 0 Å². The van der Waals surface area contributed by atoms with Gasteiger partial charge in [-0.05, 0) is 54.1 Å². The summed E-state index contributed by atoms with van der Waals surface area (Å²) in [5, 5.41) is 4.55. The van der Waals surface area contributed by atoms with Crippen molar-refractivity contribution in [1.82, 2.24) is 10.3 Å². The van der Waals surface area contributed by atoms with Crippen LogP contribution in [0.3, 0.4) is 0 Å². The molecule has 7 heteroatoms. The van der Waals surface area contributed by atoms with Crippen LogP contribution in [0.1, 0.15) is 5.56 Å². The molecule has 1 amide bonds. The molecule has 0 saturated heterocycles. The molecule has 3 aliphatic heterocycles. The molecule has 0 aromatic heterocycles. The maximum Gasteiger partial charge on any atom is 0.258 e. The third kappa shape index (κ3) is 3.65. The van der Waals surface area contributed by atoms with E-state index in [1.807, 2.05) is 72.8 Å². The van der Waals surface area contributed by atoms with Crippen LogP contribution < -0.4 is 31.2 Å². The summed E-state index contributed by atoms with van der Waals surface area (Å²) < 4.78 is 13.6. The molecule has 2 N–H and O–H groups in total. The van der Waals surface area contributed by atoms with Gasteiger partial charge in [0.05, 0.1) is 29.1 Å². The van der Waals surface area contributed by atoms with Gasteiger partial charge in [0.15, 0.2) is 0 Å². The Morgan fingerprint density at radius 2 is 1.81 bits per heavy atom. The van der Waals surface area contributed by atoms with Crippen LogP contribution in [0.2, 0.25) is 0 Å². The smallest absolute Gasteiger partial charge is 0.258 e. The summed E-state index contributed by atoms with van der Waals surface area (Å²) >= 11 is 0. The average Bonchev–Trinajstić information content (AvgIpc) is 3.08. The first-order valence-electron chi connectivity index (χ1n) is 11.7. The number of carbonyl (C=O) groups excluding carboxylic acids is 1. The first-order chi connectivity index (χ1) is 17.5. The zero-order chi connectivity index (χ0) is 24.8. The van der Waals surface area contributed by atoms with Crippen molar-refractivity contribution in [3.05, 3.63) is 111 Å². The number of hydrogen-bond donors (Lipinski definition) is 2. The van der Waals surface area contributed by atoms with Crippen LogP contribution in [0.4, 0.5) is 21.5 Å². The molecule has 0 spiro atoms. The predicted molar refractivity (Wildman–Crippen MR) is 140 cm³/mol. The largest absolute Gasteiger partial charge is 0.350 e. The number of fused-ring (bicyclic) bond motifs is 2. The van der Waals surface area contributed by atoms with Crippen molar-refractivity contribution in [2.75, 3.05) is 23.4 Å². The highest BCUT2D eigenvalue weighted by atomic mass is 19.1. The van der Waals surface area contributed by atoms with Crippen molar-refractivity contribution in [3.63, 3.8) is 0 Å². The molecule has 36 heavy (non-hydrogen) atoms. The van der Waals surface area contributed by atoms with Crippen molar-refractivity contribution in [2.24, 2.45) is 0 Å². The van der Waals surface area contributed by atoms with Crippen LogP contribution in [-0.2, 0) is 11.2 Å². The highest BCUT2D eigenvalue weighted by Gasteiger charge is 2.28. The molecule has 0 fully saturated rings. The number of halogens is 1. The Kier molecular flexibility index (Phi) is 5.18. The standard InChI is InChI=1S/C29H23FN4O2/c1-33-15-13-22(31-25(35)17-18-5-3-2-4-6-18)21-11-12-24-26-23(32-29(36)27(26)28(21)33)14-16-34(24)20-9-7-19(30)8-10-20/h2-15H,16-17H2,1H3,(H,31,35)(H,32,36). The van der Waals surface area contributed by atoms with Gasteiger partial charge in [-0.3, -0.25) is 9.59 Å². The lowest BCUT2D eigenvalue weighted by atomic mass is 10.0. The molecule has 0 radical (unpaired) electrons. The normalized spacial score (nSPS) is 14.0. The topological polar surface area (TPSA) is 68.4 Å². The number of amides is 1. The Bertz CT molecular complexity index is 1670. The summed E-state index contributed by atoms with van der Waals surface area (Å²) in [5.74, 6) is -0.441. The Labute approximate surface area is 206 Å². The fourth-order valence-electron chi connectivity index (χ4n) is 4.99. The average molecular weight is 479 g/mol. The number of carbonyl (C=O) groups is 1. The minimum Gasteiger partial charge on any atom is -0.350 e. The maximum absolute atomic E-state index is 13.6. The van der Waals surface area contributed by atoms with Gasteiger partial charge in [0, 0.05) is 41.6 Å². The highest BCUT2D eigenvalue weighted by Crippen LogP contribution is 2.37. The van der Waals surface area contributed by atoms with Crippen molar-refractivity contribution >= 4 is 34.7 Å². The second-order valence-corrected chi connectivity index (χ2v) is 8.94. The monoisotopic (exact) mass is 478 g/mol. The number of anilines is 3. The summed E-state index contributed by atoms with van der Waals surface area (Å²) in [7, 11) is 1.89. The minimum atomic E-state index is -0.304. The van der Waals surface area contributed by atoms with Crippen molar-refractivity contribution in [2.45, 2.75) is 6.42 Å². The molecule has 4 aliphatic rings. The predicted octanol–water partition coefficient (Wildman–Crippen LogP) is 2.98. The Morgan fingerprint density at radius 3 is 2.58 bits per heavy atom. The Morgan fingerprint density at radius 1 is 1.03 bits per heavy atom. The number of aromatic amines is 1. The van der Waals surface area contributed by atoms with Gasteiger partial charge in [-0.15, -0.1) is 0 Å². The van der Waals surface area contributed by atoms with E-state index in [-0.39, 0.29) is 23.7 Å². The van der Waals surface area contributed by atoms with Gasteiger partial charge in [0.2, 0.25) is 5.91 Å². The summed E-state index contributed by atoms with van der Waals surface area (Å²) in [4.78, 5) is 33.1. The molecular weight excluding hydrogens is 455 g/mol. The molecule has 0 atom stereocenters. The number of nitrogens with one attached hydrogen (secondary N) is 2. The van der Waals surface area contributed by atoms with Gasteiger partial charge in [-0.25, -0.2) is 4.39 Å². The number of rotatable bonds is 4. The lowest BCUT2D eigenvalue weighted by Gasteiger charge is -2.27. The first kappa shape index (κ1) is 21.9. The number of benzene rings is 2. The summed E-state index contributed by atoms with van der Waals surface area (Å²) in [6.45, 7) is 0.529. The van der Waals surface area contributed by atoms with Gasteiger partial charge in [-0.2, -0.15) is 0 Å². The fourth-order valence-corrected chi connectivity index (χ4v) is 4.99. The van der Waals surface area contributed by atoms with E-state index in [0.29, 0.717) is 17.8 Å². The Balaban J connectivity index is 1.52. The second kappa shape index (κ2) is 8.53. The SMILES string of the molecule is CN1C=CC(NC(=O)Cc2ccccc2)=c2ccc3c4c([nH]c(=O)c-4c21)=CCN3c1ccc(F)cc1. The van der Waals surface area contributed by atoms with E-state index in [1.165, 1.54) is 12.1 Å². The molecule has 2 aromatic carbocycles. The molecule has 6 rings (SSSR count). The fraction of sp³-hybridized carbons (Fsp3) is 0.103. The number of hydrogen-bond acceptors (Lipinski definition) is 4. The zero-order valence-corrected chi connectivity index (χ0v) is 19.6. The lowest BCUT2D eigenvalue weighted by Crippen LogP contribution is -2.32. The van der Waals surface area contributed by atoms with Crippen LogP contribution in [0.5, 0.6) is 0 Å². The van der Waals surface area contributed by atoms with E-state index in [0.717, 1.165) is 38.8 Å². The van der Waals surface area contributed by atoms with E-state index in [9.17, 15) is 14.0 Å². The molecular formula is C29H23FN4O2. The van der Waals surface area contributed by atoms with Crippen LogP contribution in [0.15, 0.2) is 83.8 Å². The zero-order valence-electron chi connectivity index (χ0n) is 19.6. The third-order valence-electron chi connectivity index (χ3n) is 6.65. The van der Waals surface area contributed by atoms with Crippen molar-refractivity contribution < 1.29 is 9.18 Å². The van der Waals surface area contributed by atoms with Crippen LogP contribution in [0.25, 0.3) is 22.9 Å². The van der Waals surface area contributed by atoms with E-state index in [2.05, 4.69) is 15.2 Å². The maximum atomic E-state index is 13.6. The molecule has 6 nitrogen and oxygen atoms in total. The van der Waals surface area contributed by atoms with Crippen LogP contribution >= 0.6 is 0 Å². The molecule has 0 bridgehead atoms. The number of nitrogens with zero attached hydrogens (tertiary/aromatic N) is 2. The quantitative estimate of drug-likeness (QED) is 0.473. The molecule has 3 heterocycles. The molecule has 0 saturated carbocycles. The molecule has 178 valence electrons. The van der Waals surface area contributed by atoms with Crippen LogP contribution in [0, 0.1) is 5.82 Å². The van der Waals surface area contributed by atoms with Gasteiger partial charge >= 0.3 is 0 Å². The summed E-state index contributed by atoms with van der Waals surface area (Å²) in [6, 6.07) is 19.8.